The van der Waals surface area contributed by atoms with Crippen LogP contribution in [0, 0.1) is 0 Å². The maximum absolute atomic E-state index is 12.7. The van der Waals surface area contributed by atoms with Gasteiger partial charge in [-0.05, 0) is 43.0 Å². The van der Waals surface area contributed by atoms with E-state index in [1.54, 1.807) is 11.9 Å². The van der Waals surface area contributed by atoms with Crippen LogP contribution < -0.4 is 0 Å². The van der Waals surface area contributed by atoms with E-state index in [-0.39, 0.29) is 18.4 Å². The van der Waals surface area contributed by atoms with Gasteiger partial charge in [0.1, 0.15) is 0 Å². The van der Waals surface area contributed by atoms with E-state index in [4.69, 9.17) is 11.6 Å². The summed E-state index contributed by atoms with van der Waals surface area (Å²) in [5.74, 6) is -0.0326. The molecule has 1 N–H and O–H groups in total. The summed E-state index contributed by atoms with van der Waals surface area (Å²) >= 11 is 8.34. The molecule has 1 fully saturated rings. The highest BCUT2D eigenvalue weighted by Crippen LogP contribution is 2.38. The quantitative estimate of drug-likeness (QED) is 0.646. The molecule has 3 rings (SSSR count). The summed E-state index contributed by atoms with van der Waals surface area (Å²) in [6, 6.07) is 15.1. The topological polar surface area (TPSA) is 40.5 Å². The lowest BCUT2D eigenvalue weighted by atomic mass is 10.0. The number of thioether (sulfide) groups is 1. The molecule has 1 aliphatic carbocycles. The Balaban J connectivity index is 1.60. The van der Waals surface area contributed by atoms with Crippen molar-refractivity contribution in [3.8, 4) is 0 Å². The minimum Gasteiger partial charge on any atom is -0.386 e. The molecular weight excluding hydrogens is 390 g/mol. The van der Waals surface area contributed by atoms with Crippen LogP contribution in [0.5, 0.6) is 0 Å². The molecule has 0 aromatic heterocycles. The van der Waals surface area contributed by atoms with Crippen LogP contribution in [-0.4, -0.2) is 34.3 Å². The van der Waals surface area contributed by atoms with Crippen LogP contribution in [0.15, 0.2) is 53.4 Å². The third-order valence-electron chi connectivity index (χ3n) is 5.55. The second-order valence-electron chi connectivity index (χ2n) is 7.57. The number of amides is 1. The Bertz CT molecular complexity index is 792. The lowest BCUT2D eigenvalue weighted by molar-refractivity contribution is -0.133. The summed E-state index contributed by atoms with van der Waals surface area (Å²) in [6.45, 7) is 1.86. The molecule has 2 aromatic rings. The van der Waals surface area contributed by atoms with Gasteiger partial charge in [0, 0.05) is 17.2 Å². The zero-order chi connectivity index (χ0) is 20.1. The first kappa shape index (κ1) is 21.2. The fourth-order valence-corrected chi connectivity index (χ4v) is 5.19. The van der Waals surface area contributed by atoms with Gasteiger partial charge >= 0.3 is 0 Å². The summed E-state index contributed by atoms with van der Waals surface area (Å²) in [4.78, 5) is 15.5. The zero-order valence-electron chi connectivity index (χ0n) is 16.5. The van der Waals surface area contributed by atoms with Crippen LogP contribution in [0.25, 0.3) is 0 Å². The Labute approximate surface area is 177 Å². The minimum absolute atomic E-state index is 0.0326. The van der Waals surface area contributed by atoms with E-state index in [0.717, 1.165) is 21.0 Å². The number of carbonyl (C=O) groups is 1. The lowest BCUT2D eigenvalue weighted by Gasteiger charge is -2.29. The smallest absolute Gasteiger partial charge is 0.227 e. The van der Waals surface area contributed by atoms with Crippen molar-refractivity contribution in [1.82, 2.24) is 4.90 Å². The Morgan fingerprint density at radius 1 is 1.21 bits per heavy atom. The molecule has 3 nitrogen and oxygen atoms in total. The first-order chi connectivity index (χ1) is 13.5. The number of aliphatic hydroxyl groups excluding tert-OH is 1. The minimum atomic E-state index is -0.719. The number of carbonyl (C=O) groups excluding carboxylic acids is 1. The Morgan fingerprint density at radius 3 is 2.54 bits per heavy atom. The number of halogens is 1. The molecule has 150 valence electrons. The predicted molar refractivity (Wildman–Crippen MR) is 117 cm³/mol. The molecule has 5 heteroatoms. The molecule has 28 heavy (non-hydrogen) atoms. The molecule has 0 aliphatic heterocycles. The van der Waals surface area contributed by atoms with E-state index < -0.39 is 6.10 Å². The summed E-state index contributed by atoms with van der Waals surface area (Å²) in [5.41, 5.74) is 1.71. The molecule has 1 amide bonds. The van der Waals surface area contributed by atoms with Crippen molar-refractivity contribution in [3.05, 3.63) is 64.7 Å². The highest BCUT2D eigenvalue weighted by atomic mass is 35.5. The van der Waals surface area contributed by atoms with Gasteiger partial charge in [-0.25, -0.2) is 0 Å². The van der Waals surface area contributed by atoms with Crippen molar-refractivity contribution in [3.63, 3.8) is 0 Å². The van der Waals surface area contributed by atoms with Crippen molar-refractivity contribution in [2.75, 3.05) is 7.05 Å². The number of nitrogens with zero attached hydrogens (tertiary/aromatic N) is 1. The first-order valence-electron chi connectivity index (χ1n) is 9.89. The molecule has 2 atom stereocenters. The summed E-state index contributed by atoms with van der Waals surface area (Å²) < 4.78 is 0. The van der Waals surface area contributed by atoms with Gasteiger partial charge in [-0.2, -0.15) is 0 Å². The highest BCUT2D eigenvalue weighted by Gasteiger charge is 2.24. The molecule has 2 aromatic carbocycles. The van der Waals surface area contributed by atoms with Gasteiger partial charge in [-0.3, -0.25) is 4.79 Å². The van der Waals surface area contributed by atoms with Crippen molar-refractivity contribution in [2.45, 2.75) is 61.3 Å². The number of rotatable bonds is 7. The van der Waals surface area contributed by atoms with E-state index in [1.165, 1.54) is 25.7 Å². The highest BCUT2D eigenvalue weighted by molar-refractivity contribution is 8.00. The van der Waals surface area contributed by atoms with E-state index >= 15 is 0 Å². The number of hydrogen-bond acceptors (Lipinski definition) is 3. The van der Waals surface area contributed by atoms with Gasteiger partial charge in [0.05, 0.1) is 23.6 Å². The van der Waals surface area contributed by atoms with E-state index in [0.29, 0.717) is 5.25 Å². The van der Waals surface area contributed by atoms with Crippen molar-refractivity contribution in [1.29, 1.82) is 0 Å². The molecular formula is C23H28ClNO2S. The first-order valence-corrected chi connectivity index (χ1v) is 11.1. The summed E-state index contributed by atoms with van der Waals surface area (Å²) in [6.07, 6.45) is 4.68. The maximum Gasteiger partial charge on any atom is 0.227 e. The molecule has 0 radical (unpaired) electrons. The van der Waals surface area contributed by atoms with Crippen molar-refractivity contribution < 1.29 is 9.90 Å². The average Bonchev–Trinajstić information content (AvgIpc) is 3.22. The zero-order valence-corrected chi connectivity index (χ0v) is 18.0. The predicted octanol–water partition coefficient (Wildman–Crippen LogP) is 5.50. The van der Waals surface area contributed by atoms with Crippen LogP contribution in [0.1, 0.15) is 49.8 Å². The monoisotopic (exact) mass is 417 g/mol. The average molecular weight is 418 g/mol. The van der Waals surface area contributed by atoms with Crippen LogP contribution in [0.4, 0.5) is 0 Å². The van der Waals surface area contributed by atoms with Gasteiger partial charge in [0.15, 0.2) is 0 Å². The van der Waals surface area contributed by atoms with Crippen LogP contribution >= 0.6 is 23.4 Å². The Kier molecular flexibility index (Phi) is 7.44. The standard InChI is InChI=1S/C23H28ClNO2S/c1-16(23(27)18-8-4-3-5-9-18)25(2)22(26)15-17-12-13-21(20(24)14-17)28-19-10-6-7-11-19/h3-5,8-9,12-14,16,19,23,27H,6-7,10-11,15H2,1-2H3/t16-,23-/m1/s1. The molecule has 0 unspecified atom stereocenters. The van der Waals surface area contributed by atoms with Crippen LogP contribution in [-0.2, 0) is 11.2 Å². The van der Waals surface area contributed by atoms with Gasteiger partial charge in [-0.1, -0.05) is 60.8 Å². The van der Waals surface area contributed by atoms with Gasteiger partial charge in [-0.15, -0.1) is 11.8 Å². The number of aliphatic hydroxyl groups is 1. The normalized spacial score (nSPS) is 16.7. The number of likely N-dealkylation sites (N-methyl/N-ethyl adjacent to an activating group) is 1. The molecule has 1 aliphatic rings. The van der Waals surface area contributed by atoms with Gasteiger partial charge in [0.25, 0.3) is 0 Å². The molecule has 1 saturated carbocycles. The molecule has 0 saturated heterocycles. The van der Waals surface area contributed by atoms with E-state index in [2.05, 4.69) is 0 Å². The maximum atomic E-state index is 12.7. The summed E-state index contributed by atoms with van der Waals surface area (Å²) in [5, 5.41) is 12.0. The molecule has 0 bridgehead atoms. The lowest BCUT2D eigenvalue weighted by Crippen LogP contribution is -2.39. The number of benzene rings is 2. The van der Waals surface area contributed by atoms with Gasteiger partial charge < -0.3 is 10.0 Å². The summed E-state index contributed by atoms with van der Waals surface area (Å²) in [7, 11) is 1.74. The fraction of sp³-hybridized carbons (Fsp3) is 0.435. The van der Waals surface area contributed by atoms with Crippen LogP contribution in [0.3, 0.4) is 0 Å². The second kappa shape index (κ2) is 9.82. The Morgan fingerprint density at radius 2 is 1.89 bits per heavy atom. The molecule has 0 heterocycles. The Hall–Kier alpha value is -1.49. The number of hydrogen-bond donors (Lipinski definition) is 1. The van der Waals surface area contributed by atoms with Crippen molar-refractivity contribution in [2.24, 2.45) is 0 Å². The van der Waals surface area contributed by atoms with Crippen LogP contribution in [0.2, 0.25) is 5.02 Å². The third-order valence-corrected chi connectivity index (χ3v) is 7.39. The second-order valence-corrected chi connectivity index (χ2v) is 9.32. The van der Waals surface area contributed by atoms with Gasteiger partial charge in [0.2, 0.25) is 5.91 Å². The largest absolute Gasteiger partial charge is 0.386 e. The van der Waals surface area contributed by atoms with Crippen molar-refractivity contribution >= 4 is 29.3 Å². The fourth-order valence-electron chi connectivity index (χ4n) is 3.60. The van der Waals surface area contributed by atoms with E-state index in [9.17, 15) is 9.90 Å². The SMILES string of the molecule is C[C@H]([C@@H](O)c1ccccc1)N(C)C(=O)Cc1ccc(SC2CCCC2)c(Cl)c1. The molecule has 0 spiro atoms. The van der Waals surface area contributed by atoms with E-state index in [1.807, 2.05) is 67.2 Å². The third kappa shape index (κ3) is 5.31.